The van der Waals surface area contributed by atoms with Crippen LogP contribution in [0.1, 0.15) is 200 Å². The number of hydrogen-bond acceptors (Lipinski definition) is 8. The molecule has 1 amide bonds. The van der Waals surface area contributed by atoms with Gasteiger partial charge in [-0.25, -0.2) is 0 Å². The van der Waals surface area contributed by atoms with Crippen LogP contribution in [0.25, 0.3) is 0 Å². The Hall–Kier alpha value is -2.37. The van der Waals surface area contributed by atoms with E-state index in [0.717, 1.165) is 89.9 Å². The SMILES string of the molecule is CC/C=C\C/C=C\C/C=C\C/C=C\C/C=C\C/C=C\CCCCCCC(=O)NC(COC1OC(CO)C(O)C(O)C1O)C(O)CCCCCCCCCCCCCCCCCC. The zero-order chi connectivity index (χ0) is 45.1. The smallest absolute Gasteiger partial charge is 0.220 e. The summed E-state index contributed by atoms with van der Waals surface area (Å²) in [5.74, 6) is -0.171. The second kappa shape index (κ2) is 42.6. The summed E-state index contributed by atoms with van der Waals surface area (Å²) in [6.45, 7) is 3.70. The number of hydrogen-bond donors (Lipinski definition) is 6. The fourth-order valence-corrected chi connectivity index (χ4v) is 7.58. The highest BCUT2D eigenvalue weighted by molar-refractivity contribution is 5.76. The van der Waals surface area contributed by atoms with Gasteiger partial charge in [-0.2, -0.15) is 0 Å². The molecular weight excluding hydrogens is 779 g/mol. The predicted octanol–water partition coefficient (Wildman–Crippen LogP) is 11.3. The third kappa shape index (κ3) is 32.3. The molecule has 0 aliphatic carbocycles. The van der Waals surface area contributed by atoms with Crippen LogP contribution in [0.2, 0.25) is 0 Å². The Labute approximate surface area is 378 Å². The highest BCUT2D eigenvalue weighted by atomic mass is 16.7. The molecule has 6 N–H and O–H groups in total. The summed E-state index contributed by atoms with van der Waals surface area (Å²) in [6, 6.07) is -0.737. The molecule has 0 radical (unpaired) electrons. The van der Waals surface area contributed by atoms with Gasteiger partial charge in [0.25, 0.3) is 0 Å². The fourth-order valence-electron chi connectivity index (χ4n) is 7.58. The van der Waals surface area contributed by atoms with E-state index in [1.54, 1.807) is 0 Å². The summed E-state index contributed by atoms with van der Waals surface area (Å²) in [5, 5.41) is 54.5. The zero-order valence-electron chi connectivity index (χ0n) is 39.4. The summed E-state index contributed by atoms with van der Waals surface area (Å²) in [5.41, 5.74) is 0. The van der Waals surface area contributed by atoms with E-state index in [-0.39, 0.29) is 12.5 Å². The number of rotatable bonds is 41. The van der Waals surface area contributed by atoms with Crippen LogP contribution in [0.4, 0.5) is 0 Å². The van der Waals surface area contributed by atoms with Gasteiger partial charge in [0.1, 0.15) is 24.4 Å². The number of aliphatic hydroxyl groups excluding tert-OH is 5. The van der Waals surface area contributed by atoms with Crippen molar-refractivity contribution in [1.82, 2.24) is 5.32 Å². The van der Waals surface area contributed by atoms with E-state index < -0.39 is 49.5 Å². The predicted molar refractivity (Wildman–Crippen MR) is 258 cm³/mol. The summed E-state index contributed by atoms with van der Waals surface area (Å²) in [7, 11) is 0. The van der Waals surface area contributed by atoms with Crippen molar-refractivity contribution >= 4 is 5.91 Å². The van der Waals surface area contributed by atoms with E-state index in [9.17, 15) is 30.3 Å². The molecular formula is C53H93NO8. The topological polar surface area (TPSA) is 149 Å². The number of carbonyl (C=O) groups excluding carboxylic acids is 1. The molecule has 1 rings (SSSR count). The molecule has 0 bridgehead atoms. The van der Waals surface area contributed by atoms with Crippen molar-refractivity contribution in [2.75, 3.05) is 13.2 Å². The van der Waals surface area contributed by atoms with E-state index >= 15 is 0 Å². The second-order valence-corrected chi connectivity index (χ2v) is 17.2. The Morgan fingerprint density at radius 2 is 1.00 bits per heavy atom. The Balaban J connectivity index is 2.32. The van der Waals surface area contributed by atoms with Gasteiger partial charge in [0.05, 0.1) is 25.4 Å². The first kappa shape index (κ1) is 57.6. The summed E-state index contributed by atoms with van der Waals surface area (Å²) in [4.78, 5) is 13.0. The molecule has 1 aliphatic rings. The van der Waals surface area contributed by atoms with Crippen LogP contribution in [-0.4, -0.2) is 87.5 Å². The third-order valence-electron chi connectivity index (χ3n) is 11.6. The minimum atomic E-state index is -1.56. The van der Waals surface area contributed by atoms with Crippen LogP contribution in [0.15, 0.2) is 72.9 Å². The molecule has 0 aromatic rings. The molecule has 0 saturated carbocycles. The standard InChI is InChI=1S/C53H93NO8/c1-3-5-7-9-11-13-15-17-19-21-22-23-24-25-26-27-29-31-33-35-37-39-41-43-49(57)54-46(45-61-53-52(60)51(59)50(58)48(44-55)62-53)47(56)42-40-38-36-34-32-30-28-20-18-16-14-12-10-8-6-4-2/h5,7,11,13,17,19,22-23,25-26,29,31,46-48,50-53,55-56,58-60H,3-4,6,8-10,12,14-16,18,20-21,24,27-28,30,32-45H2,1-2H3,(H,54,57)/b7-5-,13-11-,19-17-,23-22-,26-25-,31-29-. The summed E-state index contributed by atoms with van der Waals surface area (Å²) in [6.07, 6.45) is 50.5. The lowest BCUT2D eigenvalue weighted by atomic mass is 9.99. The maximum Gasteiger partial charge on any atom is 0.220 e. The molecule has 0 aromatic carbocycles. The lowest BCUT2D eigenvalue weighted by Gasteiger charge is -2.40. The first-order valence-electron chi connectivity index (χ1n) is 25.1. The van der Waals surface area contributed by atoms with Crippen LogP contribution in [-0.2, 0) is 14.3 Å². The average molecular weight is 872 g/mol. The van der Waals surface area contributed by atoms with Crippen molar-refractivity contribution in [2.45, 2.75) is 243 Å². The van der Waals surface area contributed by atoms with Gasteiger partial charge in [-0.3, -0.25) is 4.79 Å². The van der Waals surface area contributed by atoms with Crippen molar-refractivity contribution in [3.05, 3.63) is 72.9 Å². The number of ether oxygens (including phenoxy) is 2. The number of unbranched alkanes of at least 4 members (excludes halogenated alkanes) is 19. The largest absolute Gasteiger partial charge is 0.394 e. The molecule has 9 nitrogen and oxygen atoms in total. The second-order valence-electron chi connectivity index (χ2n) is 17.2. The van der Waals surface area contributed by atoms with Gasteiger partial charge in [-0.1, -0.05) is 202 Å². The van der Waals surface area contributed by atoms with E-state index in [2.05, 4.69) is 92.1 Å². The van der Waals surface area contributed by atoms with E-state index in [4.69, 9.17) is 9.47 Å². The molecule has 1 aliphatic heterocycles. The van der Waals surface area contributed by atoms with Gasteiger partial charge in [-0.15, -0.1) is 0 Å². The van der Waals surface area contributed by atoms with Crippen molar-refractivity contribution in [3.63, 3.8) is 0 Å². The molecule has 62 heavy (non-hydrogen) atoms. The average Bonchev–Trinajstić information content (AvgIpc) is 3.27. The van der Waals surface area contributed by atoms with Gasteiger partial charge in [0.2, 0.25) is 5.91 Å². The Kier molecular flexibility index (Phi) is 39.6. The Bertz CT molecular complexity index is 1200. The zero-order valence-corrected chi connectivity index (χ0v) is 39.4. The molecule has 9 heteroatoms. The molecule has 1 saturated heterocycles. The van der Waals surface area contributed by atoms with Crippen molar-refractivity contribution in [2.24, 2.45) is 0 Å². The monoisotopic (exact) mass is 872 g/mol. The highest BCUT2D eigenvalue weighted by Crippen LogP contribution is 2.23. The summed E-state index contributed by atoms with van der Waals surface area (Å²) >= 11 is 0. The highest BCUT2D eigenvalue weighted by Gasteiger charge is 2.44. The van der Waals surface area contributed by atoms with E-state index in [1.165, 1.54) is 83.5 Å². The van der Waals surface area contributed by atoms with Gasteiger partial charge in [-0.05, 0) is 64.2 Å². The van der Waals surface area contributed by atoms with Crippen LogP contribution in [0.3, 0.4) is 0 Å². The minimum Gasteiger partial charge on any atom is -0.394 e. The molecule has 0 spiro atoms. The van der Waals surface area contributed by atoms with Crippen molar-refractivity contribution < 1.29 is 39.8 Å². The van der Waals surface area contributed by atoms with Gasteiger partial charge in [0, 0.05) is 6.42 Å². The molecule has 1 fully saturated rings. The van der Waals surface area contributed by atoms with Crippen LogP contribution in [0, 0.1) is 0 Å². The third-order valence-corrected chi connectivity index (χ3v) is 11.6. The Morgan fingerprint density at radius 3 is 1.48 bits per heavy atom. The Morgan fingerprint density at radius 1 is 0.565 bits per heavy atom. The van der Waals surface area contributed by atoms with Gasteiger partial charge < -0.3 is 40.3 Å². The number of aliphatic hydroxyl groups is 5. The summed E-state index contributed by atoms with van der Waals surface area (Å²) < 4.78 is 11.3. The molecule has 358 valence electrons. The molecule has 7 unspecified atom stereocenters. The fraction of sp³-hybridized carbons (Fsp3) is 0.755. The maximum atomic E-state index is 13.0. The number of amides is 1. The van der Waals surface area contributed by atoms with E-state index in [0.29, 0.717) is 12.8 Å². The van der Waals surface area contributed by atoms with Crippen molar-refractivity contribution in [1.29, 1.82) is 0 Å². The first-order chi connectivity index (χ1) is 30.3. The first-order valence-corrected chi connectivity index (χ1v) is 25.1. The van der Waals surface area contributed by atoms with Crippen LogP contribution in [0.5, 0.6) is 0 Å². The van der Waals surface area contributed by atoms with Crippen LogP contribution >= 0.6 is 0 Å². The molecule has 7 atom stereocenters. The van der Waals surface area contributed by atoms with E-state index in [1.807, 2.05) is 0 Å². The number of carbonyl (C=O) groups is 1. The lowest BCUT2D eigenvalue weighted by Crippen LogP contribution is -2.60. The van der Waals surface area contributed by atoms with Crippen LogP contribution < -0.4 is 5.32 Å². The van der Waals surface area contributed by atoms with Gasteiger partial charge >= 0.3 is 0 Å². The normalized spacial score (nSPS) is 20.9. The van der Waals surface area contributed by atoms with Crippen molar-refractivity contribution in [3.8, 4) is 0 Å². The lowest BCUT2D eigenvalue weighted by molar-refractivity contribution is -0.302. The number of allylic oxidation sites excluding steroid dienone is 12. The van der Waals surface area contributed by atoms with Gasteiger partial charge in [0.15, 0.2) is 6.29 Å². The molecule has 0 aromatic heterocycles. The number of nitrogens with one attached hydrogen (secondary N) is 1. The maximum absolute atomic E-state index is 13.0. The molecule has 1 heterocycles. The minimum absolute atomic E-state index is 0.152. The quantitative estimate of drug-likeness (QED) is 0.0263.